The first-order valence-corrected chi connectivity index (χ1v) is 4.42. The SMILES string of the molecule is CC(=O)Cc1cc(Cl)cc(Cl)c1O. The highest BCUT2D eigenvalue weighted by Gasteiger charge is 2.09. The zero-order valence-electron chi connectivity index (χ0n) is 6.97. The van der Waals surface area contributed by atoms with Crippen molar-refractivity contribution < 1.29 is 9.90 Å². The van der Waals surface area contributed by atoms with Crippen molar-refractivity contribution >= 4 is 29.0 Å². The zero-order chi connectivity index (χ0) is 10.0. The molecule has 1 aromatic carbocycles. The molecule has 0 atom stereocenters. The van der Waals surface area contributed by atoms with Gasteiger partial charge in [0.15, 0.2) is 0 Å². The predicted molar refractivity (Wildman–Crippen MR) is 52.5 cm³/mol. The molecule has 0 heterocycles. The highest BCUT2D eigenvalue weighted by Crippen LogP contribution is 2.31. The number of ketones is 1. The second kappa shape index (κ2) is 3.99. The Hall–Kier alpha value is -0.730. The summed E-state index contributed by atoms with van der Waals surface area (Å²) in [7, 11) is 0. The van der Waals surface area contributed by atoms with Gasteiger partial charge in [-0.2, -0.15) is 0 Å². The first-order valence-electron chi connectivity index (χ1n) is 3.67. The third kappa shape index (κ3) is 2.61. The Morgan fingerprint density at radius 1 is 1.46 bits per heavy atom. The first-order chi connectivity index (χ1) is 6.00. The maximum absolute atomic E-state index is 10.8. The van der Waals surface area contributed by atoms with Crippen LogP contribution < -0.4 is 0 Å². The van der Waals surface area contributed by atoms with Crippen molar-refractivity contribution in [1.29, 1.82) is 0 Å². The summed E-state index contributed by atoms with van der Waals surface area (Å²) in [4.78, 5) is 10.8. The largest absolute Gasteiger partial charge is 0.506 e. The lowest BCUT2D eigenvalue weighted by Crippen LogP contribution is -1.96. The van der Waals surface area contributed by atoms with E-state index in [1.807, 2.05) is 0 Å². The maximum atomic E-state index is 10.8. The van der Waals surface area contributed by atoms with Crippen molar-refractivity contribution in [2.75, 3.05) is 0 Å². The van der Waals surface area contributed by atoms with Gasteiger partial charge in [-0.3, -0.25) is 4.79 Å². The molecule has 0 aliphatic heterocycles. The molecule has 0 spiro atoms. The van der Waals surface area contributed by atoms with E-state index in [0.29, 0.717) is 10.6 Å². The molecule has 0 amide bonds. The zero-order valence-corrected chi connectivity index (χ0v) is 8.49. The van der Waals surface area contributed by atoms with E-state index in [2.05, 4.69) is 0 Å². The van der Waals surface area contributed by atoms with Crippen molar-refractivity contribution in [3.05, 3.63) is 27.7 Å². The van der Waals surface area contributed by atoms with Crippen molar-refractivity contribution in [3.8, 4) is 5.75 Å². The lowest BCUT2D eigenvalue weighted by molar-refractivity contribution is -0.116. The highest BCUT2D eigenvalue weighted by atomic mass is 35.5. The van der Waals surface area contributed by atoms with E-state index < -0.39 is 0 Å². The van der Waals surface area contributed by atoms with Crippen LogP contribution in [0, 0.1) is 0 Å². The van der Waals surface area contributed by atoms with E-state index in [4.69, 9.17) is 23.2 Å². The van der Waals surface area contributed by atoms with Crippen LogP contribution >= 0.6 is 23.2 Å². The predicted octanol–water partition coefficient (Wildman–Crippen LogP) is 2.83. The second-order valence-electron chi connectivity index (χ2n) is 2.77. The van der Waals surface area contributed by atoms with Crippen molar-refractivity contribution in [3.63, 3.8) is 0 Å². The summed E-state index contributed by atoms with van der Waals surface area (Å²) in [6.45, 7) is 1.44. The number of rotatable bonds is 2. The molecule has 0 aliphatic rings. The first kappa shape index (κ1) is 10.4. The fourth-order valence-electron chi connectivity index (χ4n) is 1.02. The summed E-state index contributed by atoms with van der Waals surface area (Å²) in [5.74, 6) is -0.116. The number of phenols is 1. The molecule has 0 saturated carbocycles. The number of hydrogen-bond acceptors (Lipinski definition) is 2. The van der Waals surface area contributed by atoms with E-state index in [1.165, 1.54) is 19.1 Å². The van der Waals surface area contributed by atoms with Gasteiger partial charge in [0, 0.05) is 17.0 Å². The average Bonchev–Trinajstić information content (AvgIpc) is 1.98. The molecule has 1 rings (SSSR count). The highest BCUT2D eigenvalue weighted by molar-refractivity contribution is 6.35. The van der Waals surface area contributed by atoms with E-state index in [-0.39, 0.29) is 23.0 Å². The van der Waals surface area contributed by atoms with Gasteiger partial charge in [0.05, 0.1) is 5.02 Å². The number of halogens is 2. The Balaban J connectivity index is 3.12. The van der Waals surface area contributed by atoms with E-state index in [0.717, 1.165) is 0 Å². The van der Waals surface area contributed by atoms with E-state index in [9.17, 15) is 9.90 Å². The molecule has 0 bridgehead atoms. The van der Waals surface area contributed by atoms with Crippen LogP contribution in [0.3, 0.4) is 0 Å². The fraction of sp³-hybridized carbons (Fsp3) is 0.222. The summed E-state index contributed by atoms with van der Waals surface area (Å²) >= 11 is 11.4. The number of Topliss-reactive ketones (excluding diaryl/α,β-unsaturated/α-hetero) is 1. The number of aromatic hydroxyl groups is 1. The lowest BCUT2D eigenvalue weighted by Gasteiger charge is -2.04. The molecule has 4 heteroatoms. The van der Waals surface area contributed by atoms with Crippen LogP contribution in [-0.4, -0.2) is 10.9 Å². The smallest absolute Gasteiger partial charge is 0.137 e. The number of hydrogen-bond donors (Lipinski definition) is 1. The molecule has 2 nitrogen and oxygen atoms in total. The van der Waals surface area contributed by atoms with Gasteiger partial charge in [-0.15, -0.1) is 0 Å². The molecule has 0 radical (unpaired) electrons. The minimum Gasteiger partial charge on any atom is -0.506 e. The van der Waals surface area contributed by atoms with Gasteiger partial charge in [-0.05, 0) is 19.1 Å². The van der Waals surface area contributed by atoms with Gasteiger partial charge in [0.1, 0.15) is 11.5 Å². The third-order valence-electron chi connectivity index (χ3n) is 1.55. The van der Waals surface area contributed by atoms with Crippen molar-refractivity contribution in [2.24, 2.45) is 0 Å². The molecule has 70 valence electrons. The molecule has 0 unspecified atom stereocenters. The van der Waals surface area contributed by atoms with Crippen molar-refractivity contribution in [2.45, 2.75) is 13.3 Å². The molecular weight excluding hydrogens is 211 g/mol. The van der Waals surface area contributed by atoms with Crippen LogP contribution in [0.5, 0.6) is 5.75 Å². The van der Waals surface area contributed by atoms with Gasteiger partial charge in [-0.25, -0.2) is 0 Å². The van der Waals surface area contributed by atoms with Gasteiger partial charge in [-0.1, -0.05) is 23.2 Å². The van der Waals surface area contributed by atoms with Crippen LogP contribution in [0.2, 0.25) is 10.0 Å². The molecule has 0 aliphatic carbocycles. The summed E-state index contributed by atoms with van der Waals surface area (Å²) in [5.41, 5.74) is 0.463. The van der Waals surface area contributed by atoms with Gasteiger partial charge in [0.2, 0.25) is 0 Å². The van der Waals surface area contributed by atoms with Crippen LogP contribution in [0.15, 0.2) is 12.1 Å². The number of benzene rings is 1. The van der Waals surface area contributed by atoms with Gasteiger partial charge in [0.25, 0.3) is 0 Å². The number of carbonyl (C=O) groups excluding carboxylic acids is 1. The topological polar surface area (TPSA) is 37.3 Å². The molecule has 13 heavy (non-hydrogen) atoms. The van der Waals surface area contributed by atoms with Gasteiger partial charge >= 0.3 is 0 Å². The summed E-state index contributed by atoms with van der Waals surface area (Å²) in [6, 6.07) is 2.96. The van der Waals surface area contributed by atoms with Crippen molar-refractivity contribution in [1.82, 2.24) is 0 Å². The van der Waals surface area contributed by atoms with Crippen LogP contribution in [0.1, 0.15) is 12.5 Å². The fourth-order valence-corrected chi connectivity index (χ4v) is 1.56. The minimum atomic E-state index is -0.0683. The van der Waals surface area contributed by atoms with Crippen LogP contribution in [0.4, 0.5) is 0 Å². The normalized spacial score (nSPS) is 10.1. The molecular formula is C9H8Cl2O2. The Kier molecular flexibility index (Phi) is 3.17. The Morgan fingerprint density at radius 3 is 2.62 bits per heavy atom. The summed E-state index contributed by atoms with van der Waals surface area (Å²) in [6.07, 6.45) is 0.145. The monoisotopic (exact) mass is 218 g/mol. The van der Waals surface area contributed by atoms with Crippen LogP contribution in [-0.2, 0) is 11.2 Å². The third-order valence-corrected chi connectivity index (χ3v) is 2.05. The van der Waals surface area contributed by atoms with E-state index >= 15 is 0 Å². The molecule has 1 N–H and O–H groups in total. The Labute approximate surface area is 86.1 Å². The maximum Gasteiger partial charge on any atom is 0.137 e. The lowest BCUT2D eigenvalue weighted by atomic mass is 10.1. The Bertz CT molecular complexity index is 348. The standard InChI is InChI=1S/C9H8Cl2O2/c1-5(12)2-6-3-7(10)4-8(11)9(6)13/h3-4,13H,2H2,1H3. The molecule has 0 aromatic heterocycles. The van der Waals surface area contributed by atoms with Crippen LogP contribution in [0.25, 0.3) is 0 Å². The quantitative estimate of drug-likeness (QED) is 0.830. The molecule has 0 saturated heterocycles. The van der Waals surface area contributed by atoms with Gasteiger partial charge < -0.3 is 5.11 Å². The summed E-state index contributed by atoms with van der Waals surface area (Å²) < 4.78 is 0. The number of carbonyl (C=O) groups is 1. The average molecular weight is 219 g/mol. The summed E-state index contributed by atoms with van der Waals surface area (Å²) in [5, 5.41) is 10.0. The number of phenolic OH excluding ortho intramolecular Hbond substituents is 1. The second-order valence-corrected chi connectivity index (χ2v) is 3.62. The Morgan fingerprint density at radius 2 is 2.08 bits per heavy atom. The molecule has 1 aromatic rings. The van der Waals surface area contributed by atoms with E-state index in [1.54, 1.807) is 0 Å². The minimum absolute atomic E-state index is 0.0476. The molecule has 0 fully saturated rings.